The Morgan fingerprint density at radius 2 is 1.45 bits per heavy atom. The third-order valence-electron chi connectivity index (χ3n) is 4.18. The second-order valence-corrected chi connectivity index (χ2v) is 6.13. The van der Waals surface area contributed by atoms with Crippen LogP contribution in [-0.2, 0) is 0 Å². The molecule has 0 radical (unpaired) electrons. The highest BCUT2D eigenvalue weighted by Crippen LogP contribution is 2.20. The maximum atomic E-state index is 4.44. The number of rotatable bonds is 12. The maximum absolute atomic E-state index is 4.44. The van der Waals surface area contributed by atoms with Gasteiger partial charge in [0.05, 0.1) is 0 Å². The molecule has 1 unspecified atom stereocenters. The van der Waals surface area contributed by atoms with Crippen LogP contribution in [0.2, 0.25) is 0 Å². The summed E-state index contributed by atoms with van der Waals surface area (Å²) >= 11 is 0. The van der Waals surface area contributed by atoms with E-state index in [2.05, 4.69) is 31.0 Å². The SMILES string of the molecule is CCCCCCCCCCCCC(C)c1ccccn1. The zero-order valence-electron chi connectivity index (χ0n) is 13.6. The second kappa shape index (κ2) is 11.9. The van der Waals surface area contributed by atoms with Crippen LogP contribution in [0.4, 0.5) is 0 Å². The smallest absolute Gasteiger partial charge is 0.0431 e. The summed E-state index contributed by atoms with van der Waals surface area (Å²) in [5.41, 5.74) is 1.25. The molecule has 0 saturated carbocycles. The van der Waals surface area contributed by atoms with E-state index >= 15 is 0 Å². The van der Waals surface area contributed by atoms with E-state index in [-0.39, 0.29) is 0 Å². The summed E-state index contributed by atoms with van der Waals surface area (Å²) in [5.74, 6) is 0.616. The van der Waals surface area contributed by atoms with Gasteiger partial charge in [0.2, 0.25) is 0 Å². The summed E-state index contributed by atoms with van der Waals surface area (Å²) in [4.78, 5) is 4.44. The first-order chi connectivity index (χ1) is 9.84. The Morgan fingerprint density at radius 1 is 0.850 bits per heavy atom. The molecule has 1 heteroatoms. The summed E-state index contributed by atoms with van der Waals surface area (Å²) in [6.07, 6.45) is 17.4. The molecule has 0 saturated heterocycles. The molecule has 0 aliphatic rings. The first-order valence-corrected chi connectivity index (χ1v) is 8.75. The molecule has 1 atom stereocenters. The first kappa shape index (κ1) is 17.2. The lowest BCUT2D eigenvalue weighted by atomic mass is 9.98. The average Bonchev–Trinajstić information content (AvgIpc) is 2.50. The van der Waals surface area contributed by atoms with Crippen LogP contribution in [-0.4, -0.2) is 4.98 Å². The quantitative estimate of drug-likeness (QED) is 0.397. The maximum Gasteiger partial charge on any atom is 0.0431 e. The summed E-state index contributed by atoms with van der Waals surface area (Å²) in [6, 6.07) is 6.25. The van der Waals surface area contributed by atoms with Gasteiger partial charge in [0, 0.05) is 11.9 Å². The van der Waals surface area contributed by atoms with Crippen LogP contribution in [0.5, 0.6) is 0 Å². The molecule has 0 aliphatic carbocycles. The Bertz CT molecular complexity index is 307. The van der Waals surface area contributed by atoms with Crippen molar-refractivity contribution in [2.24, 2.45) is 0 Å². The Balaban J connectivity index is 1.90. The Morgan fingerprint density at radius 3 is 2.00 bits per heavy atom. The monoisotopic (exact) mass is 275 g/mol. The molecule has 0 fully saturated rings. The third kappa shape index (κ3) is 8.35. The van der Waals surface area contributed by atoms with Crippen molar-refractivity contribution in [1.82, 2.24) is 4.98 Å². The van der Waals surface area contributed by atoms with Gasteiger partial charge in [-0.3, -0.25) is 4.98 Å². The van der Waals surface area contributed by atoms with E-state index in [1.165, 1.54) is 76.3 Å². The highest BCUT2D eigenvalue weighted by molar-refractivity contribution is 5.07. The molecule has 1 nitrogen and oxygen atoms in total. The predicted molar refractivity (Wildman–Crippen MR) is 89.1 cm³/mol. The summed E-state index contributed by atoms with van der Waals surface area (Å²) in [5, 5.41) is 0. The number of hydrogen-bond acceptors (Lipinski definition) is 1. The fourth-order valence-electron chi connectivity index (χ4n) is 2.75. The molecule has 114 valence electrons. The van der Waals surface area contributed by atoms with Crippen LogP contribution in [0.25, 0.3) is 0 Å². The number of hydrogen-bond donors (Lipinski definition) is 0. The van der Waals surface area contributed by atoms with Gasteiger partial charge in [0.1, 0.15) is 0 Å². The van der Waals surface area contributed by atoms with E-state index in [4.69, 9.17) is 0 Å². The van der Waals surface area contributed by atoms with Crippen molar-refractivity contribution >= 4 is 0 Å². The summed E-state index contributed by atoms with van der Waals surface area (Å²) in [7, 11) is 0. The Hall–Kier alpha value is -0.850. The van der Waals surface area contributed by atoms with Crippen molar-refractivity contribution in [2.75, 3.05) is 0 Å². The van der Waals surface area contributed by atoms with E-state index in [1.807, 2.05) is 12.3 Å². The molecule has 0 N–H and O–H groups in total. The largest absolute Gasteiger partial charge is 0.261 e. The molecule has 20 heavy (non-hydrogen) atoms. The lowest BCUT2D eigenvalue weighted by molar-refractivity contribution is 0.532. The van der Waals surface area contributed by atoms with Crippen molar-refractivity contribution in [3.63, 3.8) is 0 Å². The van der Waals surface area contributed by atoms with Crippen molar-refractivity contribution in [3.05, 3.63) is 30.1 Å². The van der Waals surface area contributed by atoms with E-state index < -0.39 is 0 Å². The highest BCUT2D eigenvalue weighted by atomic mass is 14.7. The molecular formula is C19H33N. The Labute approximate surface area is 126 Å². The number of aromatic nitrogens is 1. The van der Waals surface area contributed by atoms with Gasteiger partial charge >= 0.3 is 0 Å². The lowest BCUT2D eigenvalue weighted by Crippen LogP contribution is -1.96. The molecule has 1 aromatic heterocycles. The fraction of sp³-hybridized carbons (Fsp3) is 0.737. The van der Waals surface area contributed by atoms with Gasteiger partial charge in [-0.15, -0.1) is 0 Å². The normalized spacial score (nSPS) is 12.5. The van der Waals surface area contributed by atoms with Gasteiger partial charge in [0.15, 0.2) is 0 Å². The zero-order chi connectivity index (χ0) is 14.5. The summed E-state index contributed by atoms with van der Waals surface area (Å²) in [6.45, 7) is 4.59. The lowest BCUT2D eigenvalue weighted by Gasteiger charge is -2.10. The van der Waals surface area contributed by atoms with Gasteiger partial charge < -0.3 is 0 Å². The van der Waals surface area contributed by atoms with Crippen LogP contribution >= 0.6 is 0 Å². The molecule has 0 aliphatic heterocycles. The van der Waals surface area contributed by atoms with E-state index in [0.29, 0.717) is 5.92 Å². The van der Waals surface area contributed by atoms with E-state index in [1.54, 1.807) is 0 Å². The van der Waals surface area contributed by atoms with Gasteiger partial charge in [0.25, 0.3) is 0 Å². The highest BCUT2D eigenvalue weighted by Gasteiger charge is 2.05. The van der Waals surface area contributed by atoms with Gasteiger partial charge in [-0.1, -0.05) is 84.1 Å². The average molecular weight is 275 g/mol. The minimum absolute atomic E-state index is 0.616. The van der Waals surface area contributed by atoms with E-state index in [9.17, 15) is 0 Å². The van der Waals surface area contributed by atoms with Crippen LogP contribution in [0.1, 0.15) is 96.1 Å². The molecule has 1 aromatic rings. The van der Waals surface area contributed by atoms with Crippen LogP contribution in [0, 0.1) is 0 Å². The predicted octanol–water partition coefficient (Wildman–Crippen LogP) is 6.50. The minimum Gasteiger partial charge on any atom is -0.261 e. The Kier molecular flexibility index (Phi) is 10.3. The van der Waals surface area contributed by atoms with Crippen LogP contribution in [0.3, 0.4) is 0 Å². The zero-order valence-corrected chi connectivity index (χ0v) is 13.6. The van der Waals surface area contributed by atoms with Gasteiger partial charge in [-0.25, -0.2) is 0 Å². The first-order valence-electron chi connectivity index (χ1n) is 8.75. The van der Waals surface area contributed by atoms with Gasteiger partial charge in [-0.2, -0.15) is 0 Å². The standard InChI is InChI=1S/C19H33N/c1-3-4-5-6-7-8-9-10-11-12-15-18(2)19-16-13-14-17-20-19/h13-14,16-18H,3-12,15H2,1-2H3. The molecule has 0 amide bonds. The van der Waals surface area contributed by atoms with Gasteiger partial charge in [-0.05, 0) is 24.5 Å². The molecule has 1 rings (SSSR count). The molecule has 0 bridgehead atoms. The molecule has 1 heterocycles. The third-order valence-corrected chi connectivity index (χ3v) is 4.18. The van der Waals surface area contributed by atoms with Crippen molar-refractivity contribution in [3.8, 4) is 0 Å². The number of pyridine rings is 1. The number of nitrogens with zero attached hydrogens (tertiary/aromatic N) is 1. The summed E-state index contributed by atoms with van der Waals surface area (Å²) < 4.78 is 0. The van der Waals surface area contributed by atoms with Crippen molar-refractivity contribution in [1.29, 1.82) is 0 Å². The number of unbranched alkanes of at least 4 members (excludes halogenated alkanes) is 9. The van der Waals surface area contributed by atoms with Crippen molar-refractivity contribution in [2.45, 2.75) is 90.4 Å². The van der Waals surface area contributed by atoms with Crippen LogP contribution in [0.15, 0.2) is 24.4 Å². The van der Waals surface area contributed by atoms with Crippen LogP contribution < -0.4 is 0 Å². The van der Waals surface area contributed by atoms with E-state index in [0.717, 1.165) is 0 Å². The molecule has 0 aromatic carbocycles. The molecule has 0 spiro atoms. The fourth-order valence-corrected chi connectivity index (χ4v) is 2.75. The van der Waals surface area contributed by atoms with Crippen molar-refractivity contribution < 1.29 is 0 Å². The topological polar surface area (TPSA) is 12.9 Å². The second-order valence-electron chi connectivity index (χ2n) is 6.13. The molecular weight excluding hydrogens is 242 g/mol. The minimum atomic E-state index is 0.616.